The molecule has 1 N–H and O–H groups in total. The second-order valence-corrected chi connectivity index (χ2v) is 3.30. The number of aromatic nitrogens is 1. The average molecular weight is 180 g/mol. The molecule has 1 aromatic rings. The molecule has 1 atom stereocenters. The molecule has 1 unspecified atom stereocenters. The third-order valence-electron chi connectivity index (χ3n) is 2.21. The number of rotatable bonds is 3. The SMILES string of the molecule is Cc1cc(N(C)C(C)CO)ccn1. The molecule has 0 aliphatic rings. The van der Waals surface area contributed by atoms with Gasteiger partial charge in [0.2, 0.25) is 0 Å². The van der Waals surface area contributed by atoms with Crippen LogP contribution in [0.3, 0.4) is 0 Å². The summed E-state index contributed by atoms with van der Waals surface area (Å²) >= 11 is 0. The summed E-state index contributed by atoms with van der Waals surface area (Å²) < 4.78 is 0. The molecule has 1 rings (SSSR count). The molecule has 1 heterocycles. The summed E-state index contributed by atoms with van der Waals surface area (Å²) in [5.41, 5.74) is 2.09. The average Bonchev–Trinajstić information content (AvgIpc) is 2.15. The minimum atomic E-state index is 0.141. The van der Waals surface area contributed by atoms with Gasteiger partial charge in [-0.2, -0.15) is 0 Å². The molecule has 3 nitrogen and oxygen atoms in total. The third-order valence-corrected chi connectivity index (χ3v) is 2.21. The molecule has 72 valence electrons. The van der Waals surface area contributed by atoms with Crippen LogP contribution >= 0.6 is 0 Å². The van der Waals surface area contributed by atoms with E-state index in [9.17, 15) is 0 Å². The van der Waals surface area contributed by atoms with Gasteiger partial charge in [0.15, 0.2) is 0 Å². The van der Waals surface area contributed by atoms with Crippen molar-refractivity contribution < 1.29 is 5.11 Å². The summed E-state index contributed by atoms with van der Waals surface area (Å²) in [6.07, 6.45) is 1.78. The Labute approximate surface area is 79.0 Å². The Morgan fingerprint density at radius 2 is 2.31 bits per heavy atom. The van der Waals surface area contributed by atoms with Crippen LogP contribution in [0.2, 0.25) is 0 Å². The zero-order valence-corrected chi connectivity index (χ0v) is 8.36. The standard InChI is InChI=1S/C10H16N2O/c1-8-6-10(4-5-11-8)12(3)9(2)7-13/h4-6,9,13H,7H2,1-3H3. The maximum Gasteiger partial charge on any atom is 0.0632 e. The lowest BCUT2D eigenvalue weighted by Gasteiger charge is -2.25. The maximum absolute atomic E-state index is 8.98. The molecule has 0 saturated carbocycles. The first kappa shape index (κ1) is 9.99. The maximum atomic E-state index is 8.98. The highest BCUT2D eigenvalue weighted by atomic mass is 16.3. The molecule has 0 saturated heterocycles. The van der Waals surface area contributed by atoms with E-state index in [0.29, 0.717) is 0 Å². The first-order valence-electron chi connectivity index (χ1n) is 4.41. The van der Waals surface area contributed by atoms with E-state index < -0.39 is 0 Å². The van der Waals surface area contributed by atoms with Crippen LogP contribution < -0.4 is 4.90 Å². The largest absolute Gasteiger partial charge is 0.394 e. The monoisotopic (exact) mass is 180 g/mol. The highest BCUT2D eigenvalue weighted by Gasteiger charge is 2.08. The van der Waals surface area contributed by atoms with Gasteiger partial charge in [0.1, 0.15) is 0 Å². The highest BCUT2D eigenvalue weighted by molar-refractivity contribution is 5.46. The molecule has 13 heavy (non-hydrogen) atoms. The van der Waals surface area contributed by atoms with Crippen LogP contribution in [-0.2, 0) is 0 Å². The number of aryl methyl sites for hydroxylation is 1. The van der Waals surface area contributed by atoms with Crippen molar-refractivity contribution in [1.82, 2.24) is 4.98 Å². The van der Waals surface area contributed by atoms with Gasteiger partial charge in [-0.1, -0.05) is 0 Å². The summed E-state index contributed by atoms with van der Waals surface area (Å²) in [4.78, 5) is 6.15. The fourth-order valence-corrected chi connectivity index (χ4v) is 1.13. The summed E-state index contributed by atoms with van der Waals surface area (Å²) in [6, 6.07) is 4.09. The van der Waals surface area contributed by atoms with Gasteiger partial charge in [-0.25, -0.2) is 0 Å². The van der Waals surface area contributed by atoms with Gasteiger partial charge in [0.05, 0.1) is 6.61 Å². The lowest BCUT2D eigenvalue weighted by atomic mass is 10.2. The van der Waals surface area contributed by atoms with Crippen LogP contribution in [-0.4, -0.2) is 29.8 Å². The van der Waals surface area contributed by atoms with E-state index in [1.54, 1.807) is 6.20 Å². The minimum absolute atomic E-state index is 0.141. The van der Waals surface area contributed by atoms with E-state index >= 15 is 0 Å². The van der Waals surface area contributed by atoms with Crippen molar-refractivity contribution >= 4 is 5.69 Å². The number of likely N-dealkylation sites (N-methyl/N-ethyl adjacent to an activating group) is 1. The molecule has 0 aliphatic heterocycles. The number of aliphatic hydroxyl groups excluding tert-OH is 1. The molecule has 0 spiro atoms. The fraction of sp³-hybridized carbons (Fsp3) is 0.500. The quantitative estimate of drug-likeness (QED) is 0.759. The smallest absolute Gasteiger partial charge is 0.0632 e. The molecule has 1 aromatic heterocycles. The highest BCUT2D eigenvalue weighted by Crippen LogP contribution is 2.14. The molecule has 0 amide bonds. The summed E-state index contributed by atoms with van der Waals surface area (Å²) in [6.45, 7) is 4.11. The number of anilines is 1. The second-order valence-electron chi connectivity index (χ2n) is 3.30. The van der Waals surface area contributed by atoms with Gasteiger partial charge < -0.3 is 10.0 Å². The number of hydrogen-bond donors (Lipinski definition) is 1. The van der Waals surface area contributed by atoms with E-state index in [-0.39, 0.29) is 12.6 Å². The number of aliphatic hydroxyl groups is 1. The summed E-state index contributed by atoms with van der Waals surface area (Å²) in [7, 11) is 1.97. The van der Waals surface area contributed by atoms with Crippen molar-refractivity contribution in [3.63, 3.8) is 0 Å². The number of hydrogen-bond acceptors (Lipinski definition) is 3. The van der Waals surface area contributed by atoms with Crippen molar-refractivity contribution in [2.24, 2.45) is 0 Å². The molecule has 0 fully saturated rings. The second kappa shape index (κ2) is 4.23. The van der Waals surface area contributed by atoms with Crippen molar-refractivity contribution in [1.29, 1.82) is 0 Å². The van der Waals surface area contributed by atoms with Crippen LogP contribution in [0.15, 0.2) is 18.3 Å². The van der Waals surface area contributed by atoms with Crippen molar-refractivity contribution in [3.8, 4) is 0 Å². The van der Waals surface area contributed by atoms with Crippen LogP contribution in [0.4, 0.5) is 5.69 Å². The minimum Gasteiger partial charge on any atom is -0.394 e. The van der Waals surface area contributed by atoms with Gasteiger partial charge in [-0.3, -0.25) is 4.98 Å². The predicted molar refractivity (Wildman–Crippen MR) is 53.9 cm³/mol. The van der Waals surface area contributed by atoms with Crippen LogP contribution in [0.5, 0.6) is 0 Å². The molecule has 0 radical (unpaired) electrons. The van der Waals surface area contributed by atoms with Gasteiger partial charge in [0, 0.05) is 30.7 Å². The van der Waals surface area contributed by atoms with E-state index in [0.717, 1.165) is 11.4 Å². The lowest BCUT2D eigenvalue weighted by Crippen LogP contribution is -2.31. The van der Waals surface area contributed by atoms with Crippen molar-refractivity contribution in [2.45, 2.75) is 19.9 Å². The first-order valence-corrected chi connectivity index (χ1v) is 4.41. The Morgan fingerprint density at radius 1 is 1.62 bits per heavy atom. The summed E-state index contributed by atoms with van der Waals surface area (Å²) in [5.74, 6) is 0. The van der Waals surface area contributed by atoms with Crippen LogP contribution in [0.25, 0.3) is 0 Å². The molecule has 0 aromatic carbocycles. The molecule has 0 bridgehead atoms. The van der Waals surface area contributed by atoms with Crippen LogP contribution in [0.1, 0.15) is 12.6 Å². The Kier molecular flexibility index (Phi) is 3.25. The zero-order chi connectivity index (χ0) is 9.84. The van der Waals surface area contributed by atoms with E-state index in [4.69, 9.17) is 5.11 Å². The van der Waals surface area contributed by atoms with Crippen molar-refractivity contribution in [2.75, 3.05) is 18.6 Å². The number of pyridine rings is 1. The summed E-state index contributed by atoms with van der Waals surface area (Å²) in [5, 5.41) is 8.98. The van der Waals surface area contributed by atoms with Gasteiger partial charge in [-0.15, -0.1) is 0 Å². The lowest BCUT2D eigenvalue weighted by molar-refractivity contribution is 0.270. The topological polar surface area (TPSA) is 36.4 Å². The zero-order valence-electron chi connectivity index (χ0n) is 8.36. The first-order chi connectivity index (χ1) is 6.15. The molecule has 0 aliphatic carbocycles. The van der Waals surface area contributed by atoms with Gasteiger partial charge >= 0.3 is 0 Å². The third kappa shape index (κ3) is 2.42. The van der Waals surface area contributed by atoms with E-state index in [2.05, 4.69) is 4.98 Å². The predicted octanol–water partition coefficient (Wildman–Crippen LogP) is 1.21. The Bertz CT molecular complexity index is 275. The van der Waals surface area contributed by atoms with E-state index in [1.807, 2.05) is 37.9 Å². The Balaban J connectivity index is 2.82. The Hall–Kier alpha value is -1.09. The van der Waals surface area contributed by atoms with Crippen LogP contribution in [0, 0.1) is 6.92 Å². The number of nitrogens with zero attached hydrogens (tertiary/aromatic N) is 2. The molecular weight excluding hydrogens is 164 g/mol. The van der Waals surface area contributed by atoms with Crippen molar-refractivity contribution in [3.05, 3.63) is 24.0 Å². The Morgan fingerprint density at radius 3 is 2.85 bits per heavy atom. The molecular formula is C10H16N2O. The van der Waals surface area contributed by atoms with Gasteiger partial charge in [-0.05, 0) is 26.0 Å². The molecule has 3 heteroatoms. The van der Waals surface area contributed by atoms with Gasteiger partial charge in [0.25, 0.3) is 0 Å². The normalized spacial score (nSPS) is 12.6. The fourth-order valence-electron chi connectivity index (χ4n) is 1.13. The van der Waals surface area contributed by atoms with E-state index in [1.165, 1.54) is 0 Å².